The van der Waals surface area contributed by atoms with Crippen LogP contribution in [0.1, 0.15) is 24.5 Å². The molecule has 2 amide bonds. The summed E-state index contributed by atoms with van der Waals surface area (Å²) in [4.78, 5) is 29.6. The number of ether oxygens (including phenoxy) is 1. The molecule has 2 heterocycles. The molecule has 4 rings (SSSR count). The maximum atomic E-state index is 13.4. The van der Waals surface area contributed by atoms with Crippen LogP contribution in [0.5, 0.6) is 0 Å². The Labute approximate surface area is 172 Å². The summed E-state index contributed by atoms with van der Waals surface area (Å²) in [6.45, 7) is 4.80. The highest BCUT2D eigenvalue weighted by atomic mass is 16.6. The first-order valence-corrected chi connectivity index (χ1v) is 10.5. The maximum Gasteiger partial charge on any atom is 0.416 e. The molecule has 5 nitrogen and oxygen atoms in total. The van der Waals surface area contributed by atoms with E-state index in [1.807, 2.05) is 48.5 Å². The van der Waals surface area contributed by atoms with Crippen molar-refractivity contribution >= 4 is 12.0 Å². The van der Waals surface area contributed by atoms with Gasteiger partial charge in [0.2, 0.25) is 5.91 Å². The van der Waals surface area contributed by atoms with E-state index < -0.39 is 6.09 Å². The first-order chi connectivity index (χ1) is 14.2. The second kappa shape index (κ2) is 8.78. The lowest BCUT2D eigenvalue weighted by Crippen LogP contribution is -2.45. The summed E-state index contributed by atoms with van der Waals surface area (Å²) in [6.07, 6.45) is 1.07. The van der Waals surface area contributed by atoms with Gasteiger partial charge in [0.1, 0.15) is 6.61 Å². The van der Waals surface area contributed by atoms with Gasteiger partial charge in [-0.15, -0.1) is 0 Å². The fourth-order valence-corrected chi connectivity index (χ4v) is 4.57. The third kappa shape index (κ3) is 4.35. The molecule has 29 heavy (non-hydrogen) atoms. The maximum absolute atomic E-state index is 13.4. The van der Waals surface area contributed by atoms with Crippen molar-refractivity contribution in [3.63, 3.8) is 0 Å². The fourth-order valence-electron chi connectivity index (χ4n) is 4.57. The van der Waals surface area contributed by atoms with Crippen molar-refractivity contribution in [1.82, 2.24) is 9.80 Å². The third-order valence-corrected chi connectivity index (χ3v) is 6.12. The van der Waals surface area contributed by atoms with E-state index in [-0.39, 0.29) is 30.4 Å². The minimum absolute atomic E-state index is 0.0733. The Kier molecular flexibility index (Phi) is 5.95. The predicted octanol–water partition coefficient (Wildman–Crippen LogP) is 3.73. The Morgan fingerprint density at radius 1 is 1.00 bits per heavy atom. The Bertz CT molecular complexity index is 840. The Balaban J connectivity index is 1.46. The quantitative estimate of drug-likeness (QED) is 0.752. The van der Waals surface area contributed by atoms with E-state index in [1.165, 1.54) is 10.5 Å². The van der Waals surface area contributed by atoms with Gasteiger partial charge in [0.15, 0.2) is 0 Å². The van der Waals surface area contributed by atoms with E-state index in [0.29, 0.717) is 13.0 Å². The molecule has 2 fully saturated rings. The zero-order chi connectivity index (χ0) is 20.2. The van der Waals surface area contributed by atoms with Gasteiger partial charge in [-0.25, -0.2) is 9.69 Å². The van der Waals surface area contributed by atoms with Crippen LogP contribution in [0.3, 0.4) is 0 Å². The number of amides is 2. The van der Waals surface area contributed by atoms with Gasteiger partial charge in [0, 0.05) is 19.6 Å². The number of rotatable bonds is 6. The van der Waals surface area contributed by atoms with Crippen molar-refractivity contribution in [2.45, 2.75) is 32.4 Å². The van der Waals surface area contributed by atoms with Crippen LogP contribution >= 0.6 is 0 Å². The number of carbonyl (C=O) groups is 2. The molecule has 0 N–H and O–H groups in total. The van der Waals surface area contributed by atoms with Gasteiger partial charge in [-0.3, -0.25) is 9.69 Å². The molecular formula is C24H28N2O3. The summed E-state index contributed by atoms with van der Waals surface area (Å²) in [5, 5.41) is 0. The molecule has 2 saturated heterocycles. The molecule has 3 atom stereocenters. The molecule has 2 aliphatic rings. The van der Waals surface area contributed by atoms with E-state index in [4.69, 9.17) is 4.74 Å². The summed E-state index contributed by atoms with van der Waals surface area (Å²) in [5.74, 6) is 0.0282. The second-order valence-corrected chi connectivity index (χ2v) is 8.08. The minimum Gasteiger partial charge on any atom is -0.447 e. The summed E-state index contributed by atoms with van der Waals surface area (Å²) in [7, 11) is 0. The summed E-state index contributed by atoms with van der Waals surface area (Å²) < 4.78 is 5.27. The van der Waals surface area contributed by atoms with Crippen LogP contribution in [-0.2, 0) is 22.5 Å². The Morgan fingerprint density at radius 2 is 1.66 bits per heavy atom. The SMILES string of the molecule is CC[C@H]1CN(Cc2ccccc2)C[C@@H]1C(=O)N1C(=O)OCC1Cc1ccccc1. The van der Waals surface area contributed by atoms with E-state index in [0.717, 1.165) is 25.1 Å². The Hall–Kier alpha value is -2.66. The molecule has 5 heteroatoms. The van der Waals surface area contributed by atoms with Gasteiger partial charge in [0.25, 0.3) is 0 Å². The zero-order valence-electron chi connectivity index (χ0n) is 16.9. The van der Waals surface area contributed by atoms with E-state index >= 15 is 0 Å². The molecule has 0 spiro atoms. The zero-order valence-corrected chi connectivity index (χ0v) is 16.9. The monoisotopic (exact) mass is 392 g/mol. The molecule has 0 saturated carbocycles. The third-order valence-electron chi connectivity index (χ3n) is 6.12. The Morgan fingerprint density at radius 3 is 2.31 bits per heavy atom. The molecule has 2 aromatic rings. The number of hydrogen-bond donors (Lipinski definition) is 0. The van der Waals surface area contributed by atoms with Crippen molar-refractivity contribution in [1.29, 1.82) is 0 Å². The molecule has 1 unspecified atom stereocenters. The fraction of sp³-hybridized carbons (Fsp3) is 0.417. The van der Waals surface area contributed by atoms with Crippen molar-refractivity contribution in [3.8, 4) is 0 Å². The molecule has 2 aromatic carbocycles. The highest BCUT2D eigenvalue weighted by Crippen LogP contribution is 2.31. The van der Waals surface area contributed by atoms with Gasteiger partial charge >= 0.3 is 6.09 Å². The van der Waals surface area contributed by atoms with Crippen LogP contribution in [0, 0.1) is 11.8 Å². The standard InChI is InChI=1S/C24H28N2O3/c1-2-20-15-25(14-19-11-7-4-8-12-19)16-22(20)23(27)26-21(17-29-24(26)28)13-18-9-5-3-6-10-18/h3-12,20-22H,2,13-17H2,1H3/t20-,21?,22-/m0/s1. The van der Waals surface area contributed by atoms with Crippen molar-refractivity contribution in [2.75, 3.05) is 19.7 Å². The molecule has 0 aromatic heterocycles. The largest absolute Gasteiger partial charge is 0.447 e. The number of hydrogen-bond acceptors (Lipinski definition) is 4. The summed E-state index contributed by atoms with van der Waals surface area (Å²) in [6, 6.07) is 20.1. The lowest BCUT2D eigenvalue weighted by atomic mass is 9.92. The normalized spacial score (nSPS) is 24.7. The lowest BCUT2D eigenvalue weighted by Gasteiger charge is -2.25. The average molecular weight is 392 g/mol. The first kappa shape index (κ1) is 19.6. The number of benzene rings is 2. The highest BCUT2D eigenvalue weighted by molar-refractivity contribution is 5.95. The smallest absolute Gasteiger partial charge is 0.416 e. The molecule has 0 radical (unpaired) electrons. The van der Waals surface area contributed by atoms with E-state index in [1.54, 1.807) is 0 Å². The van der Waals surface area contributed by atoms with Gasteiger partial charge in [-0.05, 0) is 23.5 Å². The molecule has 2 aliphatic heterocycles. The molecule has 0 aliphatic carbocycles. The van der Waals surface area contributed by atoms with Crippen LogP contribution < -0.4 is 0 Å². The number of likely N-dealkylation sites (tertiary alicyclic amines) is 1. The van der Waals surface area contributed by atoms with E-state index in [9.17, 15) is 9.59 Å². The summed E-state index contributed by atoms with van der Waals surface area (Å²) >= 11 is 0. The van der Waals surface area contributed by atoms with Gasteiger partial charge in [-0.1, -0.05) is 74.0 Å². The highest BCUT2D eigenvalue weighted by Gasteiger charge is 2.45. The predicted molar refractivity (Wildman–Crippen MR) is 111 cm³/mol. The first-order valence-electron chi connectivity index (χ1n) is 10.5. The minimum atomic E-state index is -0.493. The van der Waals surface area contributed by atoms with Gasteiger partial charge < -0.3 is 4.74 Å². The van der Waals surface area contributed by atoms with Crippen molar-refractivity contribution < 1.29 is 14.3 Å². The average Bonchev–Trinajstić information content (AvgIpc) is 3.32. The van der Waals surface area contributed by atoms with Crippen LogP contribution in [0.4, 0.5) is 4.79 Å². The van der Waals surface area contributed by atoms with Crippen LogP contribution in [0.15, 0.2) is 60.7 Å². The molecular weight excluding hydrogens is 364 g/mol. The number of nitrogens with zero attached hydrogens (tertiary/aromatic N) is 2. The second-order valence-electron chi connectivity index (χ2n) is 8.08. The number of imide groups is 1. The van der Waals surface area contributed by atoms with Crippen LogP contribution in [-0.4, -0.2) is 47.5 Å². The lowest BCUT2D eigenvalue weighted by molar-refractivity contribution is -0.134. The van der Waals surface area contributed by atoms with Crippen LogP contribution in [0.25, 0.3) is 0 Å². The van der Waals surface area contributed by atoms with E-state index in [2.05, 4.69) is 24.0 Å². The van der Waals surface area contributed by atoms with Crippen molar-refractivity contribution in [3.05, 3.63) is 71.8 Å². The number of carbonyl (C=O) groups excluding carboxylic acids is 2. The van der Waals surface area contributed by atoms with Crippen molar-refractivity contribution in [2.24, 2.45) is 11.8 Å². The van der Waals surface area contributed by atoms with Gasteiger partial charge in [-0.2, -0.15) is 0 Å². The van der Waals surface area contributed by atoms with Crippen LogP contribution in [0.2, 0.25) is 0 Å². The summed E-state index contributed by atoms with van der Waals surface area (Å²) in [5.41, 5.74) is 2.36. The van der Waals surface area contributed by atoms with Gasteiger partial charge in [0.05, 0.1) is 12.0 Å². The molecule has 152 valence electrons. The topological polar surface area (TPSA) is 49.9 Å². The molecule has 0 bridgehead atoms. The number of cyclic esters (lactones) is 1.